The summed E-state index contributed by atoms with van der Waals surface area (Å²) in [5.74, 6) is 0.0506. The van der Waals surface area contributed by atoms with Crippen molar-refractivity contribution in [3.05, 3.63) is 54.0 Å². The molecule has 1 atom stereocenters. The number of hydrogen-bond donors (Lipinski definition) is 1. The van der Waals surface area contributed by atoms with Gasteiger partial charge in [-0.1, -0.05) is 11.3 Å². The average molecular weight is 336 g/mol. The lowest BCUT2D eigenvalue weighted by Gasteiger charge is -2.32. The van der Waals surface area contributed by atoms with E-state index in [1.54, 1.807) is 6.20 Å². The maximum atomic E-state index is 12.9. The Bertz CT molecular complexity index is 905. The second-order valence-electron chi connectivity index (χ2n) is 6.35. The summed E-state index contributed by atoms with van der Waals surface area (Å²) in [7, 11) is 0. The van der Waals surface area contributed by atoms with Crippen LogP contribution in [-0.4, -0.2) is 43.9 Å². The van der Waals surface area contributed by atoms with E-state index >= 15 is 0 Å². The minimum atomic E-state index is 0.0506. The lowest BCUT2D eigenvalue weighted by atomic mass is 10.0. The summed E-state index contributed by atoms with van der Waals surface area (Å²) in [5.41, 5.74) is 7.97. The van der Waals surface area contributed by atoms with Gasteiger partial charge in [-0.3, -0.25) is 9.78 Å². The summed E-state index contributed by atoms with van der Waals surface area (Å²) in [6, 6.07) is 9.66. The number of piperidine rings is 1. The van der Waals surface area contributed by atoms with Crippen LogP contribution in [0.4, 0.5) is 0 Å². The Hall–Kier alpha value is -2.80. The summed E-state index contributed by atoms with van der Waals surface area (Å²) >= 11 is 0. The molecule has 0 bridgehead atoms. The van der Waals surface area contributed by atoms with Gasteiger partial charge in [-0.25, -0.2) is 4.68 Å². The molecule has 4 rings (SSSR count). The standard InChI is InChI=1S/C18H20N6O/c19-10-15-11-24(22-21-15)16-4-2-8-23(12-16)18(25)14-5-6-17-13(9-14)3-1-7-20-17/h1,3,5-7,9,11,16H,2,4,8,10,12,19H2. The number of carbonyl (C=O) groups excluding carboxylic acids is 1. The second-order valence-corrected chi connectivity index (χ2v) is 6.35. The lowest BCUT2D eigenvalue weighted by molar-refractivity contribution is 0.0672. The molecule has 1 aromatic carbocycles. The fourth-order valence-corrected chi connectivity index (χ4v) is 3.33. The highest BCUT2D eigenvalue weighted by molar-refractivity contribution is 5.98. The molecule has 0 aliphatic carbocycles. The van der Waals surface area contributed by atoms with Crippen molar-refractivity contribution in [2.24, 2.45) is 5.73 Å². The summed E-state index contributed by atoms with van der Waals surface area (Å²) in [6.45, 7) is 1.77. The van der Waals surface area contributed by atoms with Gasteiger partial charge in [-0.15, -0.1) is 5.10 Å². The number of carbonyl (C=O) groups is 1. The number of nitrogens with zero attached hydrogens (tertiary/aromatic N) is 5. The third kappa shape index (κ3) is 3.10. The second kappa shape index (κ2) is 6.60. The van der Waals surface area contributed by atoms with Gasteiger partial charge in [0.05, 0.1) is 23.4 Å². The van der Waals surface area contributed by atoms with Crippen LogP contribution in [0.3, 0.4) is 0 Å². The topological polar surface area (TPSA) is 89.9 Å². The SMILES string of the molecule is NCc1cn(C2CCCN(C(=O)c3ccc4ncccc4c3)C2)nn1. The molecule has 7 nitrogen and oxygen atoms in total. The molecule has 0 radical (unpaired) electrons. The van der Waals surface area contributed by atoms with Crippen LogP contribution in [0, 0.1) is 0 Å². The van der Waals surface area contributed by atoms with Crippen LogP contribution >= 0.6 is 0 Å². The van der Waals surface area contributed by atoms with Crippen molar-refractivity contribution in [2.45, 2.75) is 25.4 Å². The summed E-state index contributed by atoms with van der Waals surface area (Å²) in [4.78, 5) is 19.1. The van der Waals surface area contributed by atoms with Crippen LogP contribution in [0.5, 0.6) is 0 Å². The molecule has 25 heavy (non-hydrogen) atoms. The van der Waals surface area contributed by atoms with Crippen LogP contribution < -0.4 is 5.73 Å². The first-order chi connectivity index (χ1) is 12.2. The van der Waals surface area contributed by atoms with Gasteiger partial charge in [-0.2, -0.15) is 0 Å². The van der Waals surface area contributed by atoms with Crippen LogP contribution in [0.1, 0.15) is 34.9 Å². The number of pyridine rings is 1. The summed E-state index contributed by atoms with van der Waals surface area (Å²) < 4.78 is 1.84. The Morgan fingerprint density at radius 3 is 3.08 bits per heavy atom. The normalized spacial score (nSPS) is 17.8. The third-order valence-electron chi connectivity index (χ3n) is 4.67. The highest BCUT2D eigenvalue weighted by atomic mass is 16.2. The van der Waals surface area contributed by atoms with E-state index in [9.17, 15) is 4.79 Å². The predicted molar refractivity (Wildman–Crippen MR) is 93.8 cm³/mol. The Balaban J connectivity index is 1.54. The van der Waals surface area contributed by atoms with E-state index in [1.807, 2.05) is 46.1 Å². The predicted octanol–water partition coefficient (Wildman–Crippen LogP) is 1.76. The quantitative estimate of drug-likeness (QED) is 0.787. The van der Waals surface area contributed by atoms with E-state index in [1.165, 1.54) is 0 Å². The molecule has 1 saturated heterocycles. The smallest absolute Gasteiger partial charge is 0.253 e. The Kier molecular flexibility index (Phi) is 4.15. The van der Waals surface area contributed by atoms with Crippen LogP contribution in [-0.2, 0) is 6.54 Å². The number of rotatable bonds is 3. The van der Waals surface area contributed by atoms with Gasteiger partial charge in [0.1, 0.15) is 0 Å². The molecule has 128 valence electrons. The molecule has 3 aromatic rings. The van der Waals surface area contributed by atoms with Gasteiger partial charge in [0.25, 0.3) is 5.91 Å². The highest BCUT2D eigenvalue weighted by Crippen LogP contribution is 2.23. The molecular weight excluding hydrogens is 316 g/mol. The van der Waals surface area contributed by atoms with Gasteiger partial charge in [0, 0.05) is 36.8 Å². The molecule has 1 fully saturated rings. The average Bonchev–Trinajstić information content (AvgIpc) is 3.16. The molecule has 1 amide bonds. The van der Waals surface area contributed by atoms with Crippen molar-refractivity contribution in [1.29, 1.82) is 0 Å². The van der Waals surface area contributed by atoms with E-state index in [2.05, 4.69) is 15.3 Å². The number of benzene rings is 1. The van der Waals surface area contributed by atoms with E-state index < -0.39 is 0 Å². The monoisotopic (exact) mass is 336 g/mol. The zero-order chi connectivity index (χ0) is 17.2. The fourth-order valence-electron chi connectivity index (χ4n) is 3.33. The zero-order valence-electron chi connectivity index (χ0n) is 13.9. The maximum absolute atomic E-state index is 12.9. The minimum Gasteiger partial charge on any atom is -0.337 e. The van der Waals surface area contributed by atoms with Crippen LogP contribution in [0.15, 0.2) is 42.7 Å². The van der Waals surface area contributed by atoms with Gasteiger partial charge >= 0.3 is 0 Å². The summed E-state index contributed by atoms with van der Waals surface area (Å²) in [6.07, 6.45) is 5.56. The van der Waals surface area contributed by atoms with Gasteiger partial charge < -0.3 is 10.6 Å². The van der Waals surface area contributed by atoms with Crippen LogP contribution in [0.2, 0.25) is 0 Å². The van der Waals surface area contributed by atoms with Crippen molar-refractivity contribution < 1.29 is 4.79 Å². The Morgan fingerprint density at radius 2 is 2.24 bits per heavy atom. The van der Waals surface area contributed by atoms with Gasteiger partial charge in [0.15, 0.2) is 0 Å². The van der Waals surface area contributed by atoms with Gasteiger partial charge in [0.2, 0.25) is 0 Å². The zero-order valence-corrected chi connectivity index (χ0v) is 13.9. The number of nitrogens with two attached hydrogens (primary N) is 1. The molecule has 2 aromatic heterocycles. The van der Waals surface area contributed by atoms with Crippen molar-refractivity contribution in [3.8, 4) is 0 Å². The fraction of sp³-hybridized carbons (Fsp3) is 0.333. The van der Waals surface area contributed by atoms with Crippen molar-refractivity contribution in [2.75, 3.05) is 13.1 Å². The molecular formula is C18H20N6O. The van der Waals surface area contributed by atoms with Crippen molar-refractivity contribution in [3.63, 3.8) is 0 Å². The molecule has 1 unspecified atom stereocenters. The first-order valence-electron chi connectivity index (χ1n) is 8.49. The Morgan fingerprint density at radius 1 is 1.32 bits per heavy atom. The number of aromatic nitrogens is 4. The Labute approximate surface area is 145 Å². The molecule has 0 saturated carbocycles. The number of hydrogen-bond acceptors (Lipinski definition) is 5. The molecule has 0 spiro atoms. The van der Waals surface area contributed by atoms with Crippen molar-refractivity contribution >= 4 is 16.8 Å². The van der Waals surface area contributed by atoms with E-state index in [-0.39, 0.29) is 11.9 Å². The van der Waals surface area contributed by atoms with E-state index in [4.69, 9.17) is 5.73 Å². The molecule has 7 heteroatoms. The number of amides is 1. The van der Waals surface area contributed by atoms with E-state index in [0.29, 0.717) is 18.7 Å². The first-order valence-corrected chi connectivity index (χ1v) is 8.49. The molecule has 1 aliphatic rings. The lowest BCUT2D eigenvalue weighted by Crippen LogP contribution is -2.40. The number of likely N-dealkylation sites (tertiary alicyclic amines) is 1. The van der Waals surface area contributed by atoms with E-state index in [0.717, 1.165) is 36.0 Å². The third-order valence-corrected chi connectivity index (χ3v) is 4.67. The van der Waals surface area contributed by atoms with Gasteiger partial charge in [-0.05, 0) is 37.1 Å². The van der Waals surface area contributed by atoms with Crippen LogP contribution in [0.25, 0.3) is 10.9 Å². The maximum Gasteiger partial charge on any atom is 0.253 e. The van der Waals surface area contributed by atoms with Crippen molar-refractivity contribution in [1.82, 2.24) is 24.9 Å². The summed E-state index contributed by atoms with van der Waals surface area (Å²) in [5, 5.41) is 9.19. The first kappa shape index (κ1) is 15.7. The minimum absolute atomic E-state index is 0.0506. The number of fused-ring (bicyclic) bond motifs is 1. The molecule has 1 aliphatic heterocycles. The highest BCUT2D eigenvalue weighted by Gasteiger charge is 2.26. The molecule has 3 heterocycles. The molecule has 2 N–H and O–H groups in total. The largest absolute Gasteiger partial charge is 0.337 e.